The molecule has 1 atom stereocenters. The molecule has 0 aliphatic heterocycles. The van der Waals surface area contributed by atoms with Crippen LogP contribution in [0.2, 0.25) is 0 Å². The Morgan fingerprint density at radius 3 is 2.93 bits per heavy atom. The Kier molecular flexibility index (Phi) is 7.76. The van der Waals surface area contributed by atoms with Crippen molar-refractivity contribution in [1.82, 2.24) is 5.32 Å². The van der Waals surface area contributed by atoms with Crippen molar-refractivity contribution in [3.05, 3.63) is 22.4 Å². The summed E-state index contributed by atoms with van der Waals surface area (Å²) >= 11 is 1.70. The molecule has 3 nitrogen and oxygen atoms in total. The lowest BCUT2D eigenvalue weighted by atomic mass is 10.3. The maximum atomic E-state index is 5.71. The van der Waals surface area contributed by atoms with Crippen LogP contribution in [0, 0.1) is 0 Å². The van der Waals surface area contributed by atoms with E-state index in [1.807, 2.05) is 11.4 Å². The summed E-state index contributed by atoms with van der Waals surface area (Å²) in [5.74, 6) is 0.535. The minimum absolute atomic E-state index is 0. The highest BCUT2D eigenvalue weighted by molar-refractivity contribution is 14.0. The lowest BCUT2D eigenvalue weighted by Gasteiger charge is -2.11. The highest BCUT2D eigenvalue weighted by Crippen LogP contribution is 2.08. The first-order valence-corrected chi connectivity index (χ1v) is 5.69. The number of hydrogen-bond acceptors (Lipinski definition) is 2. The molecule has 0 aromatic carbocycles. The Bertz CT molecular complexity index is 285. The van der Waals surface area contributed by atoms with Crippen LogP contribution in [0.1, 0.15) is 25.1 Å². The van der Waals surface area contributed by atoms with Gasteiger partial charge in [0.1, 0.15) is 0 Å². The quantitative estimate of drug-likeness (QED) is 0.503. The average Bonchev–Trinajstić information content (AvgIpc) is 2.67. The molecule has 1 aromatic rings. The summed E-state index contributed by atoms with van der Waals surface area (Å²) in [7, 11) is 0. The van der Waals surface area contributed by atoms with Crippen LogP contribution in [0.25, 0.3) is 0 Å². The van der Waals surface area contributed by atoms with Crippen molar-refractivity contribution in [2.24, 2.45) is 10.7 Å². The van der Waals surface area contributed by atoms with E-state index in [1.165, 1.54) is 4.88 Å². The maximum absolute atomic E-state index is 5.71. The molecular formula is C10H18IN3S. The minimum Gasteiger partial charge on any atom is -0.370 e. The third-order valence-corrected chi connectivity index (χ3v) is 2.85. The van der Waals surface area contributed by atoms with Gasteiger partial charge in [-0.15, -0.1) is 35.3 Å². The molecule has 0 aliphatic rings. The van der Waals surface area contributed by atoms with Crippen LogP contribution >= 0.6 is 35.3 Å². The molecule has 0 bridgehead atoms. The zero-order chi connectivity index (χ0) is 10.4. The smallest absolute Gasteiger partial charge is 0.189 e. The van der Waals surface area contributed by atoms with E-state index in [9.17, 15) is 0 Å². The zero-order valence-electron chi connectivity index (χ0n) is 9.06. The van der Waals surface area contributed by atoms with Crippen LogP contribution in [-0.2, 0) is 6.54 Å². The summed E-state index contributed by atoms with van der Waals surface area (Å²) in [6, 6.07) is 4.47. The fourth-order valence-electron chi connectivity index (χ4n) is 0.966. The van der Waals surface area contributed by atoms with E-state index in [0.29, 0.717) is 18.5 Å². The molecule has 15 heavy (non-hydrogen) atoms. The van der Waals surface area contributed by atoms with Gasteiger partial charge in [0.15, 0.2) is 5.96 Å². The Hall–Kier alpha value is -0.300. The molecule has 1 aromatic heterocycles. The number of rotatable bonds is 4. The van der Waals surface area contributed by atoms with Gasteiger partial charge in [-0.3, -0.25) is 0 Å². The SMILES string of the molecule is CCC(C)NC(N)=NCc1cccs1.I. The fourth-order valence-corrected chi connectivity index (χ4v) is 1.59. The lowest BCUT2D eigenvalue weighted by molar-refractivity contribution is 0.636. The van der Waals surface area contributed by atoms with E-state index in [0.717, 1.165) is 6.42 Å². The normalized spacial score (nSPS) is 13.1. The number of aliphatic imine (C=N–C) groups is 1. The van der Waals surface area contributed by atoms with Gasteiger partial charge in [-0.25, -0.2) is 4.99 Å². The molecule has 0 saturated carbocycles. The molecule has 0 radical (unpaired) electrons. The van der Waals surface area contributed by atoms with Crippen LogP contribution in [0.4, 0.5) is 0 Å². The second kappa shape index (κ2) is 7.92. The zero-order valence-corrected chi connectivity index (χ0v) is 12.2. The van der Waals surface area contributed by atoms with Crippen molar-refractivity contribution in [3.63, 3.8) is 0 Å². The van der Waals surface area contributed by atoms with E-state index in [4.69, 9.17) is 5.73 Å². The van der Waals surface area contributed by atoms with Gasteiger partial charge in [-0.2, -0.15) is 0 Å². The second-order valence-corrected chi connectivity index (χ2v) is 4.27. The van der Waals surface area contributed by atoms with Crippen molar-refractivity contribution < 1.29 is 0 Å². The Morgan fingerprint density at radius 1 is 1.67 bits per heavy atom. The summed E-state index contributed by atoms with van der Waals surface area (Å²) in [4.78, 5) is 5.48. The van der Waals surface area contributed by atoms with E-state index in [-0.39, 0.29) is 24.0 Å². The van der Waals surface area contributed by atoms with Crippen LogP contribution in [0.15, 0.2) is 22.5 Å². The molecule has 0 aliphatic carbocycles. The monoisotopic (exact) mass is 339 g/mol. The Labute approximate surface area is 112 Å². The summed E-state index contributed by atoms with van der Waals surface area (Å²) in [6.07, 6.45) is 1.05. The van der Waals surface area contributed by atoms with Gasteiger partial charge in [0.05, 0.1) is 6.54 Å². The Balaban J connectivity index is 0.00000196. The number of hydrogen-bond donors (Lipinski definition) is 2. The van der Waals surface area contributed by atoms with Gasteiger partial charge in [-0.1, -0.05) is 13.0 Å². The van der Waals surface area contributed by atoms with Crippen LogP contribution in [-0.4, -0.2) is 12.0 Å². The predicted octanol–water partition coefficient (Wildman–Crippen LogP) is 2.57. The predicted molar refractivity (Wildman–Crippen MR) is 77.9 cm³/mol. The van der Waals surface area contributed by atoms with Gasteiger partial charge >= 0.3 is 0 Å². The first-order valence-electron chi connectivity index (χ1n) is 4.81. The molecule has 0 spiro atoms. The summed E-state index contributed by atoms with van der Waals surface area (Å²) in [6.45, 7) is 4.88. The average molecular weight is 339 g/mol. The van der Waals surface area contributed by atoms with Crippen molar-refractivity contribution >= 4 is 41.3 Å². The number of thiophene rings is 1. The highest BCUT2D eigenvalue weighted by atomic mass is 127. The van der Waals surface area contributed by atoms with E-state index in [1.54, 1.807) is 11.3 Å². The molecule has 1 unspecified atom stereocenters. The third-order valence-electron chi connectivity index (χ3n) is 1.99. The maximum Gasteiger partial charge on any atom is 0.189 e. The Morgan fingerprint density at radius 2 is 2.40 bits per heavy atom. The number of nitrogens with zero attached hydrogens (tertiary/aromatic N) is 1. The van der Waals surface area contributed by atoms with E-state index < -0.39 is 0 Å². The molecule has 0 saturated heterocycles. The van der Waals surface area contributed by atoms with Gasteiger partial charge in [0.2, 0.25) is 0 Å². The largest absolute Gasteiger partial charge is 0.370 e. The second-order valence-electron chi connectivity index (χ2n) is 3.23. The third kappa shape index (κ3) is 5.99. The van der Waals surface area contributed by atoms with Crippen LogP contribution in [0.3, 0.4) is 0 Å². The van der Waals surface area contributed by atoms with Crippen molar-refractivity contribution in [2.45, 2.75) is 32.9 Å². The summed E-state index contributed by atoms with van der Waals surface area (Å²) < 4.78 is 0. The van der Waals surface area contributed by atoms with Crippen molar-refractivity contribution in [2.75, 3.05) is 0 Å². The minimum atomic E-state index is 0. The molecule has 86 valence electrons. The summed E-state index contributed by atoms with van der Waals surface area (Å²) in [5.41, 5.74) is 5.71. The lowest BCUT2D eigenvalue weighted by Crippen LogP contribution is -2.37. The first-order chi connectivity index (χ1) is 6.72. The van der Waals surface area contributed by atoms with Crippen molar-refractivity contribution in [3.8, 4) is 0 Å². The standard InChI is InChI=1S/C10H17N3S.HI/c1-3-8(2)13-10(11)12-7-9-5-4-6-14-9;/h4-6,8H,3,7H2,1-2H3,(H3,11,12,13);1H. The number of guanidine groups is 1. The summed E-state index contributed by atoms with van der Waals surface area (Å²) in [5, 5.41) is 5.17. The molecule has 0 fully saturated rings. The van der Waals surface area contributed by atoms with Gasteiger partial charge in [-0.05, 0) is 24.8 Å². The van der Waals surface area contributed by atoms with Crippen molar-refractivity contribution in [1.29, 1.82) is 0 Å². The van der Waals surface area contributed by atoms with Crippen LogP contribution in [0.5, 0.6) is 0 Å². The molecule has 0 amide bonds. The van der Waals surface area contributed by atoms with E-state index in [2.05, 4.69) is 30.2 Å². The molecule has 5 heteroatoms. The number of nitrogens with two attached hydrogens (primary N) is 1. The van der Waals surface area contributed by atoms with Gasteiger partial charge < -0.3 is 11.1 Å². The molecule has 3 N–H and O–H groups in total. The fraction of sp³-hybridized carbons (Fsp3) is 0.500. The van der Waals surface area contributed by atoms with E-state index >= 15 is 0 Å². The number of nitrogens with one attached hydrogen (secondary N) is 1. The van der Waals surface area contributed by atoms with Crippen LogP contribution < -0.4 is 11.1 Å². The van der Waals surface area contributed by atoms with Gasteiger partial charge in [0, 0.05) is 10.9 Å². The molecular weight excluding hydrogens is 321 g/mol. The number of halogens is 1. The molecule has 1 rings (SSSR count). The topological polar surface area (TPSA) is 50.4 Å². The molecule has 1 heterocycles. The first kappa shape index (κ1) is 14.7. The highest BCUT2D eigenvalue weighted by Gasteiger charge is 1.98. The van der Waals surface area contributed by atoms with Gasteiger partial charge in [0.25, 0.3) is 0 Å².